The van der Waals surface area contributed by atoms with Crippen molar-refractivity contribution in [3.05, 3.63) is 106 Å². The Morgan fingerprint density at radius 3 is 2.27 bits per heavy atom. The van der Waals surface area contributed by atoms with Crippen LogP contribution < -0.4 is 10.3 Å². The summed E-state index contributed by atoms with van der Waals surface area (Å²) >= 11 is 0. The molecule has 37 heavy (non-hydrogen) atoms. The van der Waals surface area contributed by atoms with E-state index in [1.165, 1.54) is 24.4 Å². The molecule has 7 nitrogen and oxygen atoms in total. The van der Waals surface area contributed by atoms with Crippen molar-refractivity contribution in [1.82, 2.24) is 15.2 Å². The van der Waals surface area contributed by atoms with Gasteiger partial charge in [-0.2, -0.15) is 10.4 Å². The third kappa shape index (κ3) is 5.28. The summed E-state index contributed by atoms with van der Waals surface area (Å²) in [7, 11) is 0. The highest BCUT2D eigenvalue weighted by Crippen LogP contribution is 2.38. The van der Waals surface area contributed by atoms with Gasteiger partial charge in [0.1, 0.15) is 17.4 Å². The van der Waals surface area contributed by atoms with Gasteiger partial charge in [-0.15, -0.1) is 0 Å². The smallest absolute Gasteiger partial charge is 0.273 e. The van der Waals surface area contributed by atoms with Gasteiger partial charge in [-0.3, -0.25) is 4.79 Å². The number of rotatable bonds is 3. The predicted molar refractivity (Wildman–Crippen MR) is 126 cm³/mol. The fourth-order valence-electron chi connectivity index (χ4n) is 3.53. The van der Waals surface area contributed by atoms with Gasteiger partial charge in [-0.25, -0.2) is 22.7 Å². The second kappa shape index (κ2) is 10.2. The maximum Gasteiger partial charge on any atom is 0.273 e. The summed E-state index contributed by atoms with van der Waals surface area (Å²) in [4.78, 5) is 15.2. The quantitative estimate of drug-likeness (QED) is 0.265. The summed E-state index contributed by atoms with van der Waals surface area (Å²) < 4.78 is 57.0. The Morgan fingerprint density at radius 1 is 0.946 bits per heavy atom. The van der Waals surface area contributed by atoms with E-state index < -0.39 is 29.0 Å². The Labute approximate surface area is 206 Å². The van der Waals surface area contributed by atoms with Crippen LogP contribution >= 0.6 is 0 Å². The SMILES string of the molecule is Cc1[nH]c(-c2cc(C#N)ccc2Oc2ccc(F)cc2F)c2cn[nH]c(=O)c12.Oc1ccc(F)cc1F. The minimum absolute atomic E-state index is 0.170. The lowest BCUT2D eigenvalue weighted by atomic mass is 10.0. The molecule has 0 atom stereocenters. The first-order valence-electron chi connectivity index (χ1n) is 10.6. The number of nitrogens with one attached hydrogen (secondary N) is 2. The number of ether oxygens (including phenoxy) is 1. The van der Waals surface area contributed by atoms with Crippen molar-refractivity contribution in [2.75, 3.05) is 0 Å². The van der Waals surface area contributed by atoms with Gasteiger partial charge in [-0.05, 0) is 49.4 Å². The highest BCUT2D eigenvalue weighted by atomic mass is 19.1. The number of aromatic nitrogens is 3. The Balaban J connectivity index is 0.000000301. The van der Waals surface area contributed by atoms with Gasteiger partial charge in [0.15, 0.2) is 23.1 Å². The maximum absolute atomic E-state index is 14.0. The van der Waals surface area contributed by atoms with Crippen LogP contribution in [-0.4, -0.2) is 20.3 Å². The molecule has 0 radical (unpaired) electrons. The lowest BCUT2D eigenvalue weighted by Gasteiger charge is -2.12. The van der Waals surface area contributed by atoms with Crippen LogP contribution in [0, 0.1) is 41.5 Å². The average molecular weight is 508 g/mol. The summed E-state index contributed by atoms with van der Waals surface area (Å²) in [6.45, 7) is 1.73. The Morgan fingerprint density at radius 2 is 1.62 bits per heavy atom. The number of benzene rings is 3. The second-order valence-electron chi connectivity index (χ2n) is 7.71. The molecule has 0 saturated carbocycles. The van der Waals surface area contributed by atoms with E-state index in [0.717, 1.165) is 24.3 Å². The third-order valence-electron chi connectivity index (χ3n) is 5.21. The molecule has 5 aromatic rings. The molecule has 5 rings (SSSR count). The summed E-state index contributed by atoms with van der Waals surface area (Å²) in [5, 5.41) is 24.9. The molecule has 2 aromatic heterocycles. The molecule has 0 bridgehead atoms. The van der Waals surface area contributed by atoms with Crippen LogP contribution in [0.3, 0.4) is 0 Å². The van der Waals surface area contributed by atoms with Gasteiger partial charge in [0.2, 0.25) is 0 Å². The maximum atomic E-state index is 14.0. The number of fused-ring (bicyclic) bond motifs is 1. The van der Waals surface area contributed by atoms with Crippen LogP contribution in [0.15, 0.2) is 65.6 Å². The van der Waals surface area contributed by atoms with Crippen molar-refractivity contribution < 1.29 is 27.4 Å². The molecular formula is C26H16F4N4O3. The summed E-state index contributed by atoms with van der Waals surface area (Å²) in [5.74, 6) is -3.68. The molecule has 0 unspecified atom stereocenters. The van der Waals surface area contributed by atoms with Gasteiger partial charge in [0.05, 0.1) is 28.9 Å². The van der Waals surface area contributed by atoms with Gasteiger partial charge < -0.3 is 14.8 Å². The van der Waals surface area contributed by atoms with Crippen molar-refractivity contribution in [2.45, 2.75) is 6.92 Å². The van der Waals surface area contributed by atoms with Crippen molar-refractivity contribution >= 4 is 10.8 Å². The molecule has 0 amide bonds. The molecule has 0 fully saturated rings. The van der Waals surface area contributed by atoms with E-state index in [-0.39, 0.29) is 17.1 Å². The second-order valence-corrected chi connectivity index (χ2v) is 7.71. The van der Waals surface area contributed by atoms with Gasteiger partial charge in [0.25, 0.3) is 5.56 Å². The monoisotopic (exact) mass is 508 g/mol. The number of aromatic hydroxyl groups is 1. The van der Waals surface area contributed by atoms with E-state index >= 15 is 0 Å². The van der Waals surface area contributed by atoms with E-state index in [4.69, 9.17) is 9.84 Å². The number of hydrogen-bond donors (Lipinski definition) is 3. The number of nitrogens with zero attached hydrogens (tertiary/aromatic N) is 2. The van der Waals surface area contributed by atoms with Crippen molar-refractivity contribution in [3.63, 3.8) is 0 Å². The van der Waals surface area contributed by atoms with Gasteiger partial charge in [0, 0.05) is 28.8 Å². The fourth-order valence-corrected chi connectivity index (χ4v) is 3.53. The highest BCUT2D eigenvalue weighted by Gasteiger charge is 2.18. The van der Waals surface area contributed by atoms with E-state index in [2.05, 4.69) is 15.2 Å². The topological polar surface area (TPSA) is 115 Å². The molecule has 11 heteroatoms. The number of nitriles is 1. The van der Waals surface area contributed by atoms with E-state index in [1.54, 1.807) is 13.0 Å². The first kappa shape index (κ1) is 25.0. The standard InChI is InChI=1S/C20H12F2N4O2.C6H4F2O/c1-10-18-14(9-24-26-20(18)27)19(25-10)13-6-11(8-23)2-4-16(13)28-17-5-3-12(21)7-15(17)22;7-4-1-2-6(9)5(8)3-4/h2-7,9,25H,1H3,(H,26,27);1-3,9H. The third-order valence-corrected chi connectivity index (χ3v) is 5.21. The van der Waals surface area contributed by atoms with E-state index in [0.29, 0.717) is 39.4 Å². The molecule has 0 aliphatic rings. The van der Waals surface area contributed by atoms with Gasteiger partial charge in [-0.1, -0.05) is 0 Å². The van der Waals surface area contributed by atoms with Crippen LogP contribution in [-0.2, 0) is 0 Å². The zero-order chi connectivity index (χ0) is 26.7. The lowest BCUT2D eigenvalue weighted by molar-refractivity contribution is 0.428. The Hall–Kier alpha value is -5.11. The number of phenolic OH excluding ortho intramolecular Hbond substituents is 1. The molecule has 3 N–H and O–H groups in total. The first-order chi connectivity index (χ1) is 17.7. The largest absolute Gasteiger partial charge is 0.505 e. The zero-order valence-corrected chi connectivity index (χ0v) is 18.9. The fraction of sp³-hybridized carbons (Fsp3) is 0.0385. The minimum atomic E-state index is -0.935. The summed E-state index contributed by atoms with van der Waals surface area (Å²) in [5.41, 5.74) is 1.53. The van der Waals surface area contributed by atoms with E-state index in [1.807, 2.05) is 6.07 Å². The number of H-pyrrole nitrogens is 2. The van der Waals surface area contributed by atoms with Crippen LogP contribution in [0.5, 0.6) is 17.2 Å². The normalized spacial score (nSPS) is 10.5. The number of halogens is 4. The molecule has 186 valence electrons. The number of aromatic amines is 2. The van der Waals surface area contributed by atoms with Gasteiger partial charge >= 0.3 is 0 Å². The predicted octanol–water partition coefficient (Wildman–Crippen LogP) is 5.84. The molecular weight excluding hydrogens is 492 g/mol. The van der Waals surface area contributed by atoms with Crippen LogP contribution in [0.4, 0.5) is 17.6 Å². The minimum Gasteiger partial charge on any atom is -0.505 e. The van der Waals surface area contributed by atoms with Crippen LogP contribution in [0.2, 0.25) is 0 Å². The van der Waals surface area contributed by atoms with Crippen LogP contribution in [0.1, 0.15) is 11.3 Å². The molecule has 2 heterocycles. The molecule has 3 aromatic carbocycles. The molecule has 0 saturated heterocycles. The van der Waals surface area contributed by atoms with E-state index in [9.17, 15) is 27.6 Å². The number of hydrogen-bond acceptors (Lipinski definition) is 5. The highest BCUT2D eigenvalue weighted by molar-refractivity contribution is 5.98. The molecule has 0 aliphatic heterocycles. The van der Waals surface area contributed by atoms with Crippen molar-refractivity contribution in [3.8, 4) is 34.6 Å². The lowest BCUT2D eigenvalue weighted by Crippen LogP contribution is -2.06. The van der Waals surface area contributed by atoms with Crippen molar-refractivity contribution in [1.29, 1.82) is 5.26 Å². The molecule has 0 aliphatic carbocycles. The Kier molecular flexibility index (Phi) is 6.92. The van der Waals surface area contributed by atoms with Crippen LogP contribution in [0.25, 0.3) is 22.0 Å². The Bertz CT molecular complexity index is 1720. The average Bonchev–Trinajstić information content (AvgIpc) is 3.21. The summed E-state index contributed by atoms with van der Waals surface area (Å²) in [6, 6.07) is 12.2. The first-order valence-corrected chi connectivity index (χ1v) is 10.6. The zero-order valence-electron chi connectivity index (χ0n) is 18.9. The summed E-state index contributed by atoms with van der Waals surface area (Å²) in [6.07, 6.45) is 1.48. The number of phenols is 1. The molecule has 0 spiro atoms. The number of aryl methyl sites for hydroxylation is 1. The van der Waals surface area contributed by atoms with Crippen molar-refractivity contribution in [2.24, 2.45) is 0 Å².